The Balaban J connectivity index is 1.56. The van der Waals surface area contributed by atoms with Crippen LogP contribution in [0.4, 0.5) is 5.82 Å². The largest absolute Gasteiger partial charge is 0.353 e. The van der Waals surface area contributed by atoms with Crippen molar-refractivity contribution in [2.75, 3.05) is 31.1 Å². The van der Waals surface area contributed by atoms with Gasteiger partial charge in [-0.25, -0.2) is 0 Å². The molecule has 1 amide bonds. The smallest absolute Gasteiger partial charge is 0.271 e. The lowest BCUT2D eigenvalue weighted by molar-refractivity contribution is -0.132. The number of aryl methyl sites for hydroxylation is 2. The molecule has 27 heavy (non-hydrogen) atoms. The molecule has 1 aliphatic carbocycles. The van der Waals surface area contributed by atoms with Crippen LogP contribution in [0, 0.1) is 19.8 Å². The van der Waals surface area contributed by atoms with Gasteiger partial charge in [-0.2, -0.15) is 4.68 Å². The fourth-order valence-electron chi connectivity index (χ4n) is 3.57. The molecule has 6 nitrogen and oxygen atoms in total. The van der Waals surface area contributed by atoms with E-state index in [-0.39, 0.29) is 11.5 Å². The molecule has 142 valence electrons. The SMILES string of the molecule is Cc1ccc(-n2nc(N3CCCN(C(=O)C4CC4)CC3)ccc2=O)cc1C. The summed E-state index contributed by atoms with van der Waals surface area (Å²) in [6, 6.07) is 9.30. The van der Waals surface area contributed by atoms with E-state index in [4.69, 9.17) is 0 Å². The number of carbonyl (C=O) groups excluding carboxylic acids is 1. The molecule has 4 rings (SSSR count). The molecule has 0 radical (unpaired) electrons. The first-order valence-corrected chi connectivity index (χ1v) is 9.75. The molecular formula is C21H26N4O2. The van der Waals surface area contributed by atoms with Crippen LogP contribution in [-0.2, 0) is 4.79 Å². The summed E-state index contributed by atoms with van der Waals surface area (Å²) in [5.41, 5.74) is 2.97. The minimum Gasteiger partial charge on any atom is -0.353 e. The minimum atomic E-state index is -0.137. The average molecular weight is 366 g/mol. The monoisotopic (exact) mass is 366 g/mol. The van der Waals surface area contributed by atoms with Crippen molar-refractivity contribution >= 4 is 11.7 Å². The molecule has 6 heteroatoms. The minimum absolute atomic E-state index is 0.137. The maximum atomic E-state index is 12.4. The first-order valence-electron chi connectivity index (χ1n) is 9.75. The zero-order valence-electron chi connectivity index (χ0n) is 16.0. The Morgan fingerprint density at radius 3 is 2.56 bits per heavy atom. The number of amides is 1. The van der Waals surface area contributed by atoms with Crippen LogP contribution in [0.25, 0.3) is 5.69 Å². The van der Waals surface area contributed by atoms with Gasteiger partial charge in [0, 0.05) is 38.2 Å². The van der Waals surface area contributed by atoms with Gasteiger partial charge in [0.2, 0.25) is 5.91 Å². The molecule has 0 atom stereocenters. The van der Waals surface area contributed by atoms with E-state index in [0.717, 1.165) is 62.5 Å². The Morgan fingerprint density at radius 1 is 1.00 bits per heavy atom. The fourth-order valence-corrected chi connectivity index (χ4v) is 3.57. The molecule has 1 saturated heterocycles. The Kier molecular flexibility index (Phi) is 4.72. The second-order valence-corrected chi connectivity index (χ2v) is 7.65. The van der Waals surface area contributed by atoms with E-state index in [0.29, 0.717) is 5.91 Å². The molecule has 2 fully saturated rings. The van der Waals surface area contributed by atoms with Crippen LogP contribution in [-0.4, -0.2) is 46.8 Å². The molecule has 0 spiro atoms. The van der Waals surface area contributed by atoms with Crippen molar-refractivity contribution in [3.63, 3.8) is 0 Å². The van der Waals surface area contributed by atoms with Crippen molar-refractivity contribution in [1.82, 2.24) is 14.7 Å². The zero-order chi connectivity index (χ0) is 19.0. The van der Waals surface area contributed by atoms with Gasteiger partial charge in [-0.1, -0.05) is 6.07 Å². The summed E-state index contributed by atoms with van der Waals surface area (Å²) in [5, 5.41) is 4.62. The van der Waals surface area contributed by atoms with Crippen LogP contribution in [0.3, 0.4) is 0 Å². The van der Waals surface area contributed by atoms with Crippen LogP contribution in [0.5, 0.6) is 0 Å². The highest BCUT2D eigenvalue weighted by atomic mass is 16.2. The maximum Gasteiger partial charge on any atom is 0.271 e. The van der Waals surface area contributed by atoms with E-state index in [1.54, 1.807) is 12.1 Å². The van der Waals surface area contributed by atoms with Crippen molar-refractivity contribution in [3.8, 4) is 5.69 Å². The molecule has 2 heterocycles. The molecule has 2 aromatic rings. The van der Waals surface area contributed by atoms with Crippen LogP contribution in [0.2, 0.25) is 0 Å². The lowest BCUT2D eigenvalue weighted by Gasteiger charge is -2.23. The topological polar surface area (TPSA) is 58.4 Å². The third-order valence-corrected chi connectivity index (χ3v) is 5.58. The quantitative estimate of drug-likeness (QED) is 0.836. The van der Waals surface area contributed by atoms with Gasteiger partial charge >= 0.3 is 0 Å². The van der Waals surface area contributed by atoms with Crippen LogP contribution < -0.4 is 10.5 Å². The number of rotatable bonds is 3. The van der Waals surface area contributed by atoms with Crippen molar-refractivity contribution in [2.45, 2.75) is 33.1 Å². The summed E-state index contributed by atoms with van der Waals surface area (Å²) in [6.45, 7) is 7.21. The predicted octanol–water partition coefficient (Wildman–Crippen LogP) is 2.30. The fraction of sp³-hybridized carbons (Fsp3) is 0.476. The number of hydrogen-bond acceptors (Lipinski definition) is 4. The standard InChI is InChI=1S/C21H26N4O2/c1-15-4-7-18(14-16(15)2)25-20(26)9-8-19(22-25)23-10-3-11-24(13-12-23)21(27)17-5-6-17/h4,7-9,14,17H,3,5-6,10-13H2,1-2H3. The first-order chi connectivity index (χ1) is 13.0. The second kappa shape index (κ2) is 7.18. The van der Waals surface area contributed by atoms with Crippen LogP contribution in [0.1, 0.15) is 30.4 Å². The van der Waals surface area contributed by atoms with E-state index in [2.05, 4.69) is 16.9 Å². The molecular weight excluding hydrogens is 340 g/mol. The highest BCUT2D eigenvalue weighted by Gasteiger charge is 2.34. The molecule has 2 aliphatic rings. The van der Waals surface area contributed by atoms with E-state index in [1.165, 1.54) is 10.2 Å². The summed E-state index contributed by atoms with van der Waals surface area (Å²) in [6.07, 6.45) is 3.01. The van der Waals surface area contributed by atoms with Crippen molar-refractivity contribution < 1.29 is 4.79 Å². The average Bonchev–Trinajstić information content (AvgIpc) is 3.51. The van der Waals surface area contributed by atoms with Gasteiger partial charge in [-0.3, -0.25) is 9.59 Å². The number of benzene rings is 1. The van der Waals surface area contributed by atoms with Gasteiger partial charge in [0.25, 0.3) is 5.56 Å². The summed E-state index contributed by atoms with van der Waals surface area (Å²) in [7, 11) is 0. The van der Waals surface area contributed by atoms with Gasteiger partial charge in [0.1, 0.15) is 5.82 Å². The highest BCUT2D eigenvalue weighted by Crippen LogP contribution is 2.31. The lowest BCUT2D eigenvalue weighted by atomic mass is 10.1. The second-order valence-electron chi connectivity index (χ2n) is 7.65. The Hall–Kier alpha value is -2.63. The van der Waals surface area contributed by atoms with E-state index < -0.39 is 0 Å². The maximum absolute atomic E-state index is 12.4. The van der Waals surface area contributed by atoms with E-state index in [1.807, 2.05) is 30.0 Å². The number of anilines is 1. The summed E-state index contributed by atoms with van der Waals surface area (Å²) in [4.78, 5) is 28.9. The van der Waals surface area contributed by atoms with Gasteiger partial charge < -0.3 is 9.80 Å². The van der Waals surface area contributed by atoms with Crippen LogP contribution in [0.15, 0.2) is 35.1 Å². The summed E-state index contributed by atoms with van der Waals surface area (Å²) in [5.74, 6) is 1.36. The van der Waals surface area contributed by atoms with Crippen LogP contribution >= 0.6 is 0 Å². The normalized spacial score (nSPS) is 17.7. The number of hydrogen-bond donors (Lipinski definition) is 0. The van der Waals surface area contributed by atoms with Gasteiger partial charge in [-0.05, 0) is 62.4 Å². The molecule has 0 bridgehead atoms. The first kappa shape index (κ1) is 17.8. The summed E-state index contributed by atoms with van der Waals surface area (Å²) < 4.78 is 1.47. The van der Waals surface area contributed by atoms with Gasteiger partial charge in [-0.15, -0.1) is 5.10 Å². The third-order valence-electron chi connectivity index (χ3n) is 5.58. The van der Waals surface area contributed by atoms with Crippen molar-refractivity contribution in [2.24, 2.45) is 5.92 Å². The van der Waals surface area contributed by atoms with Crippen molar-refractivity contribution in [1.29, 1.82) is 0 Å². The number of aromatic nitrogens is 2. The Morgan fingerprint density at radius 2 is 1.81 bits per heavy atom. The molecule has 1 aromatic heterocycles. The molecule has 0 unspecified atom stereocenters. The van der Waals surface area contributed by atoms with E-state index >= 15 is 0 Å². The zero-order valence-corrected chi connectivity index (χ0v) is 16.0. The number of carbonyl (C=O) groups is 1. The Labute approximate surface area is 159 Å². The third kappa shape index (κ3) is 3.75. The lowest BCUT2D eigenvalue weighted by Crippen LogP contribution is -2.36. The highest BCUT2D eigenvalue weighted by molar-refractivity contribution is 5.81. The predicted molar refractivity (Wildman–Crippen MR) is 105 cm³/mol. The molecule has 0 N–H and O–H groups in total. The summed E-state index contributed by atoms with van der Waals surface area (Å²) >= 11 is 0. The van der Waals surface area contributed by atoms with E-state index in [9.17, 15) is 9.59 Å². The van der Waals surface area contributed by atoms with Crippen molar-refractivity contribution in [3.05, 3.63) is 51.8 Å². The Bertz CT molecular complexity index is 917. The molecule has 1 saturated carbocycles. The number of nitrogens with zero attached hydrogens (tertiary/aromatic N) is 4. The van der Waals surface area contributed by atoms with Gasteiger partial charge in [0.05, 0.1) is 5.69 Å². The molecule has 1 aromatic carbocycles. The molecule has 1 aliphatic heterocycles. The van der Waals surface area contributed by atoms with Gasteiger partial charge in [0.15, 0.2) is 0 Å².